The number of rotatable bonds is 3. The van der Waals surface area contributed by atoms with Crippen LogP contribution in [-0.4, -0.2) is 15.7 Å². The van der Waals surface area contributed by atoms with Gasteiger partial charge in [0.25, 0.3) is 0 Å². The summed E-state index contributed by atoms with van der Waals surface area (Å²) in [7, 11) is 0. The summed E-state index contributed by atoms with van der Waals surface area (Å²) >= 11 is 17.8. The highest BCUT2D eigenvalue weighted by Crippen LogP contribution is 2.29. The molecule has 1 aromatic heterocycles. The lowest BCUT2D eigenvalue weighted by Crippen LogP contribution is -2.19. The first kappa shape index (κ1) is 14.2. The number of halogens is 3. The average molecular weight is 319 g/mol. The molecule has 1 heterocycles. The van der Waals surface area contributed by atoms with E-state index in [1.807, 2.05) is 0 Å². The second-order valence-corrected chi connectivity index (χ2v) is 5.13. The highest BCUT2D eigenvalue weighted by Gasteiger charge is 2.11. The Balaban J connectivity index is 2.09. The van der Waals surface area contributed by atoms with Gasteiger partial charge in [0, 0.05) is 6.20 Å². The number of nitrogens with zero attached hydrogens (tertiary/aromatic N) is 2. The Bertz CT molecular complexity index is 585. The first-order chi connectivity index (χ1) is 8.97. The molecule has 1 amide bonds. The Morgan fingerprint density at radius 2 is 1.89 bits per heavy atom. The third-order valence-corrected chi connectivity index (χ3v) is 3.42. The van der Waals surface area contributed by atoms with Crippen LogP contribution in [0, 0.1) is 6.92 Å². The molecule has 0 aliphatic carbocycles. The van der Waals surface area contributed by atoms with E-state index >= 15 is 0 Å². The molecule has 2 aromatic rings. The fraction of sp³-hybridized carbons (Fsp3) is 0.167. The number of hydrogen-bond donors (Lipinski definition) is 1. The molecule has 2 rings (SSSR count). The Hall–Kier alpha value is -1.23. The molecule has 0 aliphatic heterocycles. The molecule has 0 unspecified atom stereocenters. The summed E-state index contributed by atoms with van der Waals surface area (Å²) in [5.74, 6) is -0.283. The van der Waals surface area contributed by atoms with Crippen LogP contribution in [0.5, 0.6) is 0 Å². The SMILES string of the molecule is Cc1nn(CC(=O)Nc2c(Cl)cccc2Cl)cc1Cl. The third kappa shape index (κ3) is 3.41. The largest absolute Gasteiger partial charge is 0.322 e. The van der Waals surface area contributed by atoms with Gasteiger partial charge in [-0.05, 0) is 19.1 Å². The van der Waals surface area contributed by atoms with E-state index in [0.717, 1.165) is 0 Å². The van der Waals surface area contributed by atoms with Crippen molar-refractivity contribution in [2.45, 2.75) is 13.5 Å². The number of hydrogen-bond acceptors (Lipinski definition) is 2. The molecular formula is C12H10Cl3N3O. The summed E-state index contributed by atoms with van der Waals surface area (Å²) in [6.45, 7) is 1.80. The Labute approximate surface area is 125 Å². The molecule has 0 fully saturated rings. The zero-order valence-corrected chi connectivity index (χ0v) is 12.2. The molecule has 0 saturated carbocycles. The van der Waals surface area contributed by atoms with E-state index in [1.54, 1.807) is 31.3 Å². The summed E-state index contributed by atoms with van der Waals surface area (Å²) < 4.78 is 1.46. The van der Waals surface area contributed by atoms with Crippen LogP contribution in [0.3, 0.4) is 0 Å². The van der Waals surface area contributed by atoms with Gasteiger partial charge < -0.3 is 5.32 Å². The van der Waals surface area contributed by atoms with Crippen LogP contribution in [0.15, 0.2) is 24.4 Å². The predicted molar refractivity (Wildman–Crippen MR) is 77.1 cm³/mol. The fourth-order valence-electron chi connectivity index (χ4n) is 1.52. The number of nitrogens with one attached hydrogen (secondary N) is 1. The normalized spacial score (nSPS) is 10.5. The predicted octanol–water partition coefficient (Wildman–Crippen LogP) is 3.79. The molecule has 0 saturated heterocycles. The van der Waals surface area contributed by atoms with Crippen molar-refractivity contribution in [2.75, 3.05) is 5.32 Å². The van der Waals surface area contributed by atoms with Gasteiger partial charge in [0.15, 0.2) is 0 Å². The van der Waals surface area contributed by atoms with Crippen molar-refractivity contribution in [3.05, 3.63) is 45.2 Å². The van der Waals surface area contributed by atoms with E-state index in [9.17, 15) is 4.79 Å². The van der Waals surface area contributed by atoms with E-state index in [0.29, 0.717) is 26.4 Å². The van der Waals surface area contributed by atoms with Crippen LogP contribution in [-0.2, 0) is 11.3 Å². The van der Waals surface area contributed by atoms with Gasteiger partial charge in [0.2, 0.25) is 5.91 Å². The quantitative estimate of drug-likeness (QED) is 0.936. The number of carbonyl (C=O) groups is 1. The standard InChI is InChI=1S/C12H10Cl3N3O/c1-7-10(15)5-18(17-7)6-11(19)16-12-8(13)3-2-4-9(12)14/h2-5H,6H2,1H3,(H,16,19). The van der Waals surface area contributed by atoms with E-state index in [4.69, 9.17) is 34.8 Å². The number of benzene rings is 1. The summed E-state index contributed by atoms with van der Waals surface area (Å²) in [6.07, 6.45) is 1.59. The van der Waals surface area contributed by atoms with Gasteiger partial charge in [-0.3, -0.25) is 9.48 Å². The van der Waals surface area contributed by atoms with Crippen LogP contribution in [0.25, 0.3) is 0 Å². The highest BCUT2D eigenvalue weighted by molar-refractivity contribution is 6.39. The maximum Gasteiger partial charge on any atom is 0.246 e. The number of aromatic nitrogens is 2. The maximum atomic E-state index is 11.9. The molecule has 1 aromatic carbocycles. The molecule has 0 aliphatic rings. The third-order valence-electron chi connectivity index (χ3n) is 2.42. The minimum absolute atomic E-state index is 0.0368. The molecule has 19 heavy (non-hydrogen) atoms. The lowest BCUT2D eigenvalue weighted by atomic mass is 10.3. The lowest BCUT2D eigenvalue weighted by Gasteiger charge is -2.08. The van der Waals surface area contributed by atoms with Crippen molar-refractivity contribution in [2.24, 2.45) is 0 Å². The zero-order chi connectivity index (χ0) is 14.0. The molecule has 100 valence electrons. The molecule has 7 heteroatoms. The summed E-state index contributed by atoms with van der Waals surface area (Å²) in [5.41, 5.74) is 1.07. The number of para-hydroxylation sites is 1. The van der Waals surface area contributed by atoms with Crippen LogP contribution in [0.4, 0.5) is 5.69 Å². The minimum atomic E-state index is -0.283. The van der Waals surface area contributed by atoms with Gasteiger partial charge in [0.05, 0.1) is 26.4 Å². The van der Waals surface area contributed by atoms with Crippen molar-refractivity contribution in [3.63, 3.8) is 0 Å². The van der Waals surface area contributed by atoms with Gasteiger partial charge in [-0.2, -0.15) is 5.10 Å². The van der Waals surface area contributed by atoms with Crippen molar-refractivity contribution in [1.82, 2.24) is 9.78 Å². The Kier molecular flexibility index (Phi) is 4.34. The van der Waals surface area contributed by atoms with Crippen LogP contribution in [0.2, 0.25) is 15.1 Å². The van der Waals surface area contributed by atoms with Crippen LogP contribution >= 0.6 is 34.8 Å². The minimum Gasteiger partial charge on any atom is -0.322 e. The Morgan fingerprint density at radius 3 is 2.42 bits per heavy atom. The van der Waals surface area contributed by atoms with Crippen LogP contribution < -0.4 is 5.32 Å². The fourth-order valence-corrected chi connectivity index (χ4v) is 2.16. The van der Waals surface area contributed by atoms with E-state index < -0.39 is 0 Å². The maximum absolute atomic E-state index is 11.9. The van der Waals surface area contributed by atoms with Crippen molar-refractivity contribution in [3.8, 4) is 0 Å². The average Bonchev–Trinajstić information content (AvgIpc) is 2.63. The first-order valence-corrected chi connectivity index (χ1v) is 6.54. The zero-order valence-electron chi connectivity index (χ0n) is 9.95. The van der Waals surface area contributed by atoms with Crippen molar-refractivity contribution in [1.29, 1.82) is 0 Å². The van der Waals surface area contributed by atoms with E-state index in [-0.39, 0.29) is 12.5 Å². The molecule has 1 N–H and O–H groups in total. The molecule has 0 spiro atoms. The molecule has 0 bridgehead atoms. The van der Waals surface area contributed by atoms with Gasteiger partial charge in [-0.15, -0.1) is 0 Å². The monoisotopic (exact) mass is 317 g/mol. The molecule has 0 atom stereocenters. The molecular weight excluding hydrogens is 309 g/mol. The van der Waals surface area contributed by atoms with Gasteiger partial charge in [-0.1, -0.05) is 40.9 Å². The number of aryl methyl sites for hydroxylation is 1. The van der Waals surface area contributed by atoms with Gasteiger partial charge >= 0.3 is 0 Å². The lowest BCUT2D eigenvalue weighted by molar-refractivity contribution is -0.116. The Morgan fingerprint density at radius 1 is 1.26 bits per heavy atom. The highest BCUT2D eigenvalue weighted by atomic mass is 35.5. The number of carbonyl (C=O) groups excluding carboxylic acids is 1. The summed E-state index contributed by atoms with van der Waals surface area (Å²) in [4.78, 5) is 11.9. The second-order valence-electron chi connectivity index (χ2n) is 3.90. The van der Waals surface area contributed by atoms with E-state index in [1.165, 1.54) is 4.68 Å². The second kappa shape index (κ2) is 5.82. The summed E-state index contributed by atoms with van der Waals surface area (Å²) in [5, 5.41) is 8.03. The summed E-state index contributed by atoms with van der Waals surface area (Å²) in [6, 6.07) is 5.01. The molecule has 0 radical (unpaired) electrons. The van der Waals surface area contributed by atoms with Crippen molar-refractivity contribution >= 4 is 46.4 Å². The molecule has 4 nitrogen and oxygen atoms in total. The van der Waals surface area contributed by atoms with E-state index in [2.05, 4.69) is 10.4 Å². The van der Waals surface area contributed by atoms with Gasteiger partial charge in [0.1, 0.15) is 6.54 Å². The topological polar surface area (TPSA) is 46.9 Å². The first-order valence-electron chi connectivity index (χ1n) is 5.41. The van der Waals surface area contributed by atoms with Crippen LogP contribution in [0.1, 0.15) is 5.69 Å². The number of anilines is 1. The smallest absolute Gasteiger partial charge is 0.246 e. The van der Waals surface area contributed by atoms with Crippen molar-refractivity contribution < 1.29 is 4.79 Å². The number of amides is 1. The van der Waals surface area contributed by atoms with Gasteiger partial charge in [-0.25, -0.2) is 0 Å².